The molecule has 3 saturated carbocycles. The van der Waals surface area contributed by atoms with E-state index < -0.39 is 64.1 Å². The monoisotopic (exact) mass is 835 g/mol. The van der Waals surface area contributed by atoms with Crippen molar-refractivity contribution >= 4 is 23.8 Å². The fourth-order valence-electron chi connectivity index (χ4n) is 12.7. The number of aliphatic hydroxyl groups excluding tert-OH is 1. The molecule has 60 heavy (non-hydrogen) atoms. The van der Waals surface area contributed by atoms with Gasteiger partial charge in [0.1, 0.15) is 41.2 Å². The number of ether oxygens (including phenoxy) is 4. The fraction of sp³-hybridized carbons (Fsp3) is 0.720. The number of fused-ring (bicyclic) bond motifs is 2. The van der Waals surface area contributed by atoms with Crippen LogP contribution in [0.2, 0.25) is 0 Å². The number of carbonyl (C=O) groups excluding carboxylic acids is 3. The summed E-state index contributed by atoms with van der Waals surface area (Å²) in [6.07, 6.45) is 12.1. The summed E-state index contributed by atoms with van der Waals surface area (Å²) in [5, 5.41) is 24.1. The van der Waals surface area contributed by atoms with Crippen LogP contribution in [0.15, 0.2) is 59.3 Å². The molecule has 4 aliphatic carbocycles. The fourth-order valence-corrected chi connectivity index (χ4v) is 12.7. The minimum atomic E-state index is -1.51. The zero-order valence-corrected chi connectivity index (χ0v) is 38.4. The smallest absolute Gasteiger partial charge is 0.315 e. The average molecular weight is 835 g/mol. The minimum absolute atomic E-state index is 0.0374. The van der Waals surface area contributed by atoms with Gasteiger partial charge in [-0.15, -0.1) is 0 Å². The number of carboxylic acids is 1. The normalized spacial score (nSPS) is 37.0. The first kappa shape index (κ1) is 48.0. The van der Waals surface area contributed by atoms with E-state index in [2.05, 4.69) is 13.0 Å². The van der Waals surface area contributed by atoms with Crippen LogP contribution in [0.1, 0.15) is 134 Å². The number of rotatable bonds is 20. The van der Waals surface area contributed by atoms with E-state index in [0.717, 1.165) is 24.7 Å². The molecule has 12 atom stereocenters. The molecule has 4 fully saturated rings. The van der Waals surface area contributed by atoms with Crippen molar-refractivity contribution in [1.29, 1.82) is 0 Å². The van der Waals surface area contributed by atoms with Crippen molar-refractivity contribution in [2.75, 3.05) is 6.61 Å². The third-order valence-electron chi connectivity index (χ3n) is 16.0. The molecule has 4 unspecified atom stereocenters. The molecule has 2 N–H and O–H groups in total. The highest BCUT2D eigenvalue weighted by molar-refractivity contribution is 6.02. The number of aliphatic hydroxyl groups is 1. The van der Waals surface area contributed by atoms with Gasteiger partial charge < -0.3 is 34.0 Å². The highest BCUT2D eigenvalue weighted by atomic mass is 16.7. The van der Waals surface area contributed by atoms with Crippen LogP contribution in [0.25, 0.3) is 0 Å². The van der Waals surface area contributed by atoms with Crippen molar-refractivity contribution < 1.29 is 48.3 Å². The number of aldehydes is 1. The molecule has 0 aromatic heterocycles. The van der Waals surface area contributed by atoms with Crippen molar-refractivity contribution in [3.63, 3.8) is 0 Å². The molecule has 5 aliphatic rings. The van der Waals surface area contributed by atoms with Crippen LogP contribution in [0, 0.1) is 45.8 Å². The average Bonchev–Trinajstić information content (AvgIpc) is 3.81. The number of aliphatic carboxylic acids is 1. The second-order valence-electron chi connectivity index (χ2n) is 19.0. The first-order chi connectivity index (χ1) is 28.4. The Morgan fingerprint density at radius 2 is 1.42 bits per heavy atom. The Hall–Kier alpha value is -3.02. The van der Waals surface area contributed by atoms with Gasteiger partial charge in [-0.05, 0) is 120 Å². The number of carbonyl (C=O) groups is 4. The quantitative estimate of drug-likeness (QED) is 0.0527. The topological polar surface area (TPSA) is 146 Å². The number of hydrogen-bond donors (Lipinski definition) is 2. The molecular weight excluding hydrogens is 761 g/mol. The molecule has 0 aromatic carbocycles. The number of hydrogen-bond acceptors (Lipinski definition) is 9. The lowest BCUT2D eigenvalue weighted by atomic mass is 9.43. The molecule has 1 saturated heterocycles. The molecule has 0 radical (unpaired) electrons. The maximum Gasteiger partial charge on any atom is 0.315 e. The highest BCUT2D eigenvalue weighted by Gasteiger charge is 2.84. The van der Waals surface area contributed by atoms with Crippen molar-refractivity contribution in [1.82, 2.24) is 0 Å². The van der Waals surface area contributed by atoms with Gasteiger partial charge in [-0.25, -0.2) is 0 Å². The van der Waals surface area contributed by atoms with Crippen LogP contribution in [0.3, 0.4) is 0 Å². The Bertz CT molecular complexity index is 1780. The van der Waals surface area contributed by atoms with Gasteiger partial charge >= 0.3 is 5.97 Å². The van der Waals surface area contributed by atoms with E-state index in [0.29, 0.717) is 55.6 Å². The van der Waals surface area contributed by atoms with Crippen molar-refractivity contribution in [2.24, 2.45) is 45.8 Å². The zero-order valence-electron chi connectivity index (χ0n) is 38.4. The van der Waals surface area contributed by atoms with E-state index in [4.69, 9.17) is 18.9 Å². The molecule has 10 nitrogen and oxygen atoms in total. The van der Waals surface area contributed by atoms with E-state index in [1.54, 1.807) is 39.0 Å². The van der Waals surface area contributed by atoms with Gasteiger partial charge in [0.15, 0.2) is 17.9 Å². The van der Waals surface area contributed by atoms with Gasteiger partial charge in [0, 0.05) is 5.41 Å². The van der Waals surface area contributed by atoms with Crippen LogP contribution in [-0.2, 0) is 38.1 Å². The maximum atomic E-state index is 14.4. The SMILES string of the molecule is C/C=C/C=C(\C)C(=O)C(CC)(CC)O[C@H]1[C@H](O)[C@H](OCC23C[C@@H]4[C@H](C)CC[C@H]4C4(C=O)CC2C=C(C(C)C)C34C(=O)O)O[C@H](C)[C@H]1OC(CC)(CC)C(=O)/C(C)=C/C=C/C. The summed E-state index contributed by atoms with van der Waals surface area (Å²) in [6, 6.07) is 0. The lowest BCUT2D eigenvalue weighted by Gasteiger charge is -2.58. The first-order valence-corrected chi connectivity index (χ1v) is 22.8. The third-order valence-corrected chi connectivity index (χ3v) is 16.0. The van der Waals surface area contributed by atoms with Gasteiger partial charge in [-0.3, -0.25) is 14.4 Å². The zero-order chi connectivity index (χ0) is 44.6. The predicted octanol–water partition coefficient (Wildman–Crippen LogP) is 9.10. The van der Waals surface area contributed by atoms with Crippen molar-refractivity contribution in [3.05, 3.63) is 59.3 Å². The summed E-state index contributed by atoms with van der Waals surface area (Å²) >= 11 is 0. The molecular formula is C50H74O10. The molecule has 1 heterocycles. The Morgan fingerprint density at radius 1 is 0.883 bits per heavy atom. The standard InChI is InChI=1S/C50H74O10/c1-13-19-21-32(10)42(53)48(15-3,16-4)59-40-34(12)58-44(39(52)41(40)60-49(17-5,18-6)43(54)33(11)22-20-14-2)57-29-47-27-36-31(9)23-24-37(36)46(28-51)26-35(47)25-38(30(7)8)50(46,47)45(55)56/h13-14,19-22,25,28,30-31,34-37,39-41,44,52H,15-18,23-24,26-27,29H2,1-12H3,(H,55,56)/b19-13+,20-14+,32-21+,33-22+/t31-,34-,35?,36-,37-,39+,40-,41+,44-,46?,47?,50?/m1/s1. The number of ketones is 2. The van der Waals surface area contributed by atoms with Gasteiger partial charge in [0.25, 0.3) is 0 Å². The van der Waals surface area contributed by atoms with E-state index in [1.807, 2.05) is 73.6 Å². The number of carboxylic acid groups (broad SMARTS) is 1. The molecule has 0 amide bonds. The molecule has 10 heteroatoms. The minimum Gasteiger partial charge on any atom is -0.481 e. The van der Waals surface area contributed by atoms with E-state index in [1.165, 1.54) is 0 Å². The van der Waals surface area contributed by atoms with E-state index in [-0.39, 0.29) is 41.8 Å². The van der Waals surface area contributed by atoms with Crippen molar-refractivity contribution in [3.8, 4) is 0 Å². The van der Waals surface area contributed by atoms with E-state index in [9.17, 15) is 29.4 Å². The Morgan fingerprint density at radius 3 is 1.88 bits per heavy atom. The van der Waals surface area contributed by atoms with Gasteiger partial charge in [0.05, 0.1) is 18.1 Å². The van der Waals surface area contributed by atoms with Gasteiger partial charge in [0.2, 0.25) is 0 Å². The van der Waals surface area contributed by atoms with E-state index >= 15 is 0 Å². The second-order valence-corrected chi connectivity index (χ2v) is 19.0. The first-order valence-electron chi connectivity index (χ1n) is 22.8. The summed E-state index contributed by atoms with van der Waals surface area (Å²) in [5.41, 5.74) is -4.36. The van der Waals surface area contributed by atoms with Crippen LogP contribution in [0.4, 0.5) is 0 Å². The summed E-state index contributed by atoms with van der Waals surface area (Å²) in [5.74, 6) is -1.29. The summed E-state index contributed by atoms with van der Waals surface area (Å²) in [6.45, 7) is 22.8. The lowest BCUT2D eigenvalue weighted by molar-refractivity contribution is -0.334. The maximum absolute atomic E-state index is 14.4. The van der Waals surface area contributed by atoms with Crippen LogP contribution in [-0.4, -0.2) is 82.5 Å². The Balaban J connectivity index is 1.59. The molecule has 334 valence electrons. The second kappa shape index (κ2) is 18.4. The Kier molecular flexibility index (Phi) is 14.7. The van der Waals surface area contributed by atoms with Crippen LogP contribution in [0.5, 0.6) is 0 Å². The molecule has 0 aromatic rings. The molecule has 1 aliphatic heterocycles. The number of Topliss-reactive ketones (excluding diaryl/α,β-unsaturated/α-hetero) is 2. The highest BCUT2D eigenvalue weighted by Crippen LogP contribution is 2.82. The van der Waals surface area contributed by atoms with Crippen LogP contribution >= 0.6 is 0 Å². The Labute approximate surface area is 359 Å². The van der Waals surface area contributed by atoms with Crippen molar-refractivity contribution in [2.45, 2.75) is 176 Å². The molecule has 4 bridgehead atoms. The molecule has 0 spiro atoms. The van der Waals surface area contributed by atoms with Crippen LogP contribution < -0.4 is 0 Å². The third kappa shape index (κ3) is 7.22. The summed E-state index contributed by atoms with van der Waals surface area (Å²) < 4.78 is 27.3. The summed E-state index contributed by atoms with van der Waals surface area (Å²) in [4.78, 5) is 56.4. The van der Waals surface area contributed by atoms with Gasteiger partial charge in [-0.1, -0.05) is 103 Å². The largest absolute Gasteiger partial charge is 0.481 e. The van der Waals surface area contributed by atoms with Gasteiger partial charge in [-0.2, -0.15) is 0 Å². The summed E-state index contributed by atoms with van der Waals surface area (Å²) in [7, 11) is 0. The predicted molar refractivity (Wildman–Crippen MR) is 232 cm³/mol. The molecule has 5 rings (SSSR count). The lowest BCUT2D eigenvalue weighted by Crippen LogP contribution is -2.66. The number of allylic oxidation sites excluding steroid dienone is 7.